The van der Waals surface area contributed by atoms with E-state index in [2.05, 4.69) is 46.9 Å². The molecule has 3 aliphatic carbocycles. The molecule has 0 aromatic carbocycles. The Bertz CT molecular complexity index is 666. The average molecular weight is 403 g/mol. The van der Waals surface area contributed by atoms with Gasteiger partial charge in [-0.15, -0.1) is 0 Å². The van der Waals surface area contributed by atoms with Crippen LogP contribution >= 0.6 is 0 Å². The first-order valence-corrected chi connectivity index (χ1v) is 12.2. The topological polar surface area (TPSA) is 49.4 Å². The first kappa shape index (κ1) is 21.2. The zero-order valence-corrected chi connectivity index (χ0v) is 19.5. The third-order valence-electron chi connectivity index (χ3n) is 9.59. The van der Waals surface area contributed by atoms with Crippen LogP contribution in [-0.4, -0.2) is 34.8 Å². The molecule has 164 valence electrons. The molecule has 2 amide bonds. The summed E-state index contributed by atoms with van der Waals surface area (Å²) in [6.45, 7) is 13.2. The molecule has 4 aliphatic rings. The predicted molar refractivity (Wildman–Crippen MR) is 116 cm³/mol. The van der Waals surface area contributed by atoms with Gasteiger partial charge < -0.3 is 10.2 Å². The fourth-order valence-corrected chi connectivity index (χ4v) is 8.27. The van der Waals surface area contributed by atoms with E-state index in [-0.39, 0.29) is 35.4 Å². The first-order valence-electron chi connectivity index (χ1n) is 12.2. The van der Waals surface area contributed by atoms with Gasteiger partial charge in [0.1, 0.15) is 5.92 Å². The second kappa shape index (κ2) is 7.27. The summed E-state index contributed by atoms with van der Waals surface area (Å²) in [6, 6.07) is 0.486. The van der Waals surface area contributed by atoms with Crippen LogP contribution in [-0.2, 0) is 9.59 Å². The Morgan fingerprint density at radius 2 is 1.69 bits per heavy atom. The van der Waals surface area contributed by atoms with Crippen molar-refractivity contribution in [3.05, 3.63) is 0 Å². The minimum atomic E-state index is -0.517. The molecule has 0 spiro atoms. The molecule has 2 unspecified atom stereocenters. The Balaban J connectivity index is 1.60. The Morgan fingerprint density at radius 1 is 1.00 bits per heavy atom. The highest BCUT2D eigenvalue weighted by Crippen LogP contribution is 2.64. The Labute approximate surface area is 177 Å². The number of piperidine rings is 1. The van der Waals surface area contributed by atoms with Crippen molar-refractivity contribution in [2.45, 2.75) is 111 Å². The van der Waals surface area contributed by atoms with Crippen LogP contribution in [0.15, 0.2) is 0 Å². The largest absolute Gasteiger partial charge is 0.352 e. The molecule has 1 saturated heterocycles. The number of rotatable bonds is 3. The lowest BCUT2D eigenvalue weighted by molar-refractivity contribution is -0.157. The molecule has 1 heterocycles. The van der Waals surface area contributed by atoms with Gasteiger partial charge in [0.2, 0.25) is 11.8 Å². The average Bonchev–Trinajstić information content (AvgIpc) is 3.03. The lowest BCUT2D eigenvalue weighted by Gasteiger charge is -2.60. The molecule has 3 saturated carbocycles. The highest BCUT2D eigenvalue weighted by atomic mass is 16.2. The maximum Gasteiger partial charge on any atom is 0.235 e. The normalized spacial score (nSPS) is 44.1. The second-order valence-electron chi connectivity index (χ2n) is 11.8. The lowest BCUT2D eigenvalue weighted by Crippen LogP contribution is -2.65. The van der Waals surface area contributed by atoms with E-state index in [9.17, 15) is 9.59 Å². The molecule has 0 aromatic heterocycles. The summed E-state index contributed by atoms with van der Waals surface area (Å²) < 4.78 is 0. The second-order valence-corrected chi connectivity index (χ2v) is 11.8. The Morgan fingerprint density at radius 3 is 2.34 bits per heavy atom. The van der Waals surface area contributed by atoms with Crippen molar-refractivity contribution in [2.75, 3.05) is 0 Å². The van der Waals surface area contributed by atoms with Gasteiger partial charge in [0.25, 0.3) is 0 Å². The monoisotopic (exact) mass is 402 g/mol. The third-order valence-corrected chi connectivity index (χ3v) is 9.59. The summed E-state index contributed by atoms with van der Waals surface area (Å²) in [5.74, 6) is 1.79. The van der Waals surface area contributed by atoms with Gasteiger partial charge in [-0.3, -0.25) is 9.59 Å². The summed E-state index contributed by atoms with van der Waals surface area (Å²) in [5.41, 5.74) is 0.601. The molecule has 1 aliphatic heterocycles. The van der Waals surface area contributed by atoms with Crippen LogP contribution in [0.1, 0.15) is 92.9 Å². The van der Waals surface area contributed by atoms with Crippen LogP contribution < -0.4 is 5.32 Å². The van der Waals surface area contributed by atoms with E-state index in [1.165, 1.54) is 38.5 Å². The van der Waals surface area contributed by atoms with Crippen LogP contribution in [0.2, 0.25) is 0 Å². The molecule has 4 heteroatoms. The standard InChI is InChI=1S/C25H42N2O2/c1-15(2)27(16(3)4)23(29)18-14-25(6)20-11-13-24(5)12-7-8-19(24)17(20)9-10-21(25)26-22(18)28/h15-21H,7-14H2,1-6H3,(H,26,28)/t17-,18?,19-,20-,21?,24-,25+/m0/s1. The summed E-state index contributed by atoms with van der Waals surface area (Å²) in [4.78, 5) is 28.4. The molecule has 1 N–H and O–H groups in total. The SMILES string of the molecule is CC(C)N(C(=O)C1C[C@@]2(C)C(CC[C@H]3[C@@H]4CCC[C@@]4(C)CC[C@@H]32)NC1=O)C(C)C. The quantitative estimate of drug-likeness (QED) is 0.691. The van der Waals surface area contributed by atoms with E-state index < -0.39 is 5.92 Å². The van der Waals surface area contributed by atoms with Crippen LogP contribution in [0, 0.1) is 34.5 Å². The molecular weight excluding hydrogens is 360 g/mol. The van der Waals surface area contributed by atoms with Crippen LogP contribution in [0.5, 0.6) is 0 Å². The maximum atomic E-state index is 13.5. The van der Waals surface area contributed by atoms with E-state index in [0.717, 1.165) is 24.7 Å². The Hall–Kier alpha value is -1.06. The van der Waals surface area contributed by atoms with Crippen molar-refractivity contribution >= 4 is 11.8 Å². The Kier molecular flexibility index (Phi) is 5.31. The van der Waals surface area contributed by atoms with Crippen LogP contribution in [0.3, 0.4) is 0 Å². The zero-order valence-electron chi connectivity index (χ0n) is 19.5. The molecule has 4 rings (SSSR count). The third kappa shape index (κ3) is 3.24. The molecule has 4 nitrogen and oxygen atoms in total. The van der Waals surface area contributed by atoms with Gasteiger partial charge >= 0.3 is 0 Å². The molecule has 7 atom stereocenters. The smallest absolute Gasteiger partial charge is 0.235 e. The van der Waals surface area contributed by atoms with Crippen molar-refractivity contribution in [2.24, 2.45) is 34.5 Å². The van der Waals surface area contributed by atoms with Crippen LogP contribution in [0.4, 0.5) is 0 Å². The number of hydrogen-bond donors (Lipinski definition) is 1. The summed E-state index contributed by atoms with van der Waals surface area (Å²) in [5, 5.41) is 3.34. The maximum absolute atomic E-state index is 13.5. The summed E-state index contributed by atoms with van der Waals surface area (Å²) in [6.07, 6.45) is 9.88. The molecule has 0 aromatic rings. The number of fused-ring (bicyclic) bond motifs is 5. The van der Waals surface area contributed by atoms with Gasteiger partial charge in [0.05, 0.1) is 0 Å². The van der Waals surface area contributed by atoms with Gasteiger partial charge in [0.15, 0.2) is 0 Å². The minimum absolute atomic E-state index is 0.0243. The first-order chi connectivity index (χ1) is 13.6. The van der Waals surface area contributed by atoms with Gasteiger partial charge in [-0.05, 0) is 101 Å². The molecular formula is C25H42N2O2. The summed E-state index contributed by atoms with van der Waals surface area (Å²) in [7, 11) is 0. The molecule has 4 fully saturated rings. The lowest BCUT2D eigenvalue weighted by atomic mass is 9.47. The van der Waals surface area contributed by atoms with E-state index in [1.807, 2.05) is 4.90 Å². The van der Waals surface area contributed by atoms with E-state index in [1.54, 1.807) is 0 Å². The fraction of sp³-hybridized carbons (Fsp3) is 0.920. The number of nitrogens with zero attached hydrogens (tertiary/aromatic N) is 1. The number of amides is 2. The van der Waals surface area contributed by atoms with Crippen LogP contribution in [0.25, 0.3) is 0 Å². The minimum Gasteiger partial charge on any atom is -0.352 e. The number of nitrogens with one attached hydrogen (secondary N) is 1. The van der Waals surface area contributed by atoms with Crippen molar-refractivity contribution in [3.8, 4) is 0 Å². The highest BCUT2D eigenvalue weighted by Gasteiger charge is 2.60. The fourth-order valence-electron chi connectivity index (χ4n) is 8.27. The van der Waals surface area contributed by atoms with Gasteiger partial charge in [-0.2, -0.15) is 0 Å². The van der Waals surface area contributed by atoms with Gasteiger partial charge in [-0.25, -0.2) is 0 Å². The van der Waals surface area contributed by atoms with Crippen molar-refractivity contribution in [3.63, 3.8) is 0 Å². The van der Waals surface area contributed by atoms with Crippen molar-refractivity contribution in [1.29, 1.82) is 0 Å². The molecule has 0 radical (unpaired) electrons. The van der Waals surface area contributed by atoms with Gasteiger partial charge in [0, 0.05) is 18.1 Å². The van der Waals surface area contributed by atoms with E-state index in [4.69, 9.17) is 0 Å². The zero-order chi connectivity index (χ0) is 21.1. The number of hydrogen-bond acceptors (Lipinski definition) is 2. The molecule has 0 bridgehead atoms. The number of carbonyl (C=O) groups excluding carboxylic acids is 2. The van der Waals surface area contributed by atoms with E-state index in [0.29, 0.717) is 11.3 Å². The van der Waals surface area contributed by atoms with Crippen molar-refractivity contribution in [1.82, 2.24) is 10.2 Å². The molecule has 29 heavy (non-hydrogen) atoms. The van der Waals surface area contributed by atoms with Crippen molar-refractivity contribution < 1.29 is 9.59 Å². The summed E-state index contributed by atoms with van der Waals surface area (Å²) >= 11 is 0. The van der Waals surface area contributed by atoms with Gasteiger partial charge in [-0.1, -0.05) is 20.3 Å². The predicted octanol–water partition coefficient (Wildman–Crippen LogP) is 4.77. The number of carbonyl (C=O) groups is 2. The van der Waals surface area contributed by atoms with E-state index >= 15 is 0 Å². The highest BCUT2D eigenvalue weighted by molar-refractivity contribution is 6.01.